The summed E-state index contributed by atoms with van der Waals surface area (Å²) >= 11 is 0. The van der Waals surface area contributed by atoms with Crippen molar-refractivity contribution >= 4 is 14.3 Å². The van der Waals surface area contributed by atoms with Gasteiger partial charge in [-0.25, -0.2) is 4.79 Å². The van der Waals surface area contributed by atoms with E-state index in [0.717, 1.165) is 25.7 Å². The predicted octanol–water partition coefficient (Wildman–Crippen LogP) is 3.90. The predicted molar refractivity (Wildman–Crippen MR) is 89.3 cm³/mol. The maximum absolute atomic E-state index is 12.4. The average Bonchev–Trinajstić information content (AvgIpc) is 3.16. The van der Waals surface area contributed by atoms with Crippen molar-refractivity contribution in [3.05, 3.63) is 0 Å². The summed E-state index contributed by atoms with van der Waals surface area (Å²) in [5.74, 6) is -0.181. The fourth-order valence-corrected chi connectivity index (χ4v) is 4.39. The highest BCUT2D eigenvalue weighted by atomic mass is 28.4. The molecule has 2 fully saturated rings. The molecule has 1 heterocycles. The van der Waals surface area contributed by atoms with Crippen molar-refractivity contribution in [3.63, 3.8) is 0 Å². The second kappa shape index (κ2) is 6.25. The summed E-state index contributed by atoms with van der Waals surface area (Å²) in [6, 6.07) is 0. The van der Waals surface area contributed by atoms with E-state index in [0.29, 0.717) is 0 Å². The lowest BCUT2D eigenvalue weighted by molar-refractivity contribution is -0.153. The second-order valence-corrected chi connectivity index (χ2v) is 13.0. The molecule has 5 heteroatoms. The Balaban J connectivity index is 2.31. The molecule has 1 aliphatic heterocycles. The molecule has 22 heavy (non-hydrogen) atoms. The third-order valence-corrected chi connectivity index (χ3v) is 10.1. The molecule has 0 bridgehead atoms. The first-order valence-corrected chi connectivity index (χ1v) is 11.3. The Labute approximate surface area is 137 Å². The maximum Gasteiger partial charge on any atom is 0.343 e. The van der Waals surface area contributed by atoms with Crippen molar-refractivity contribution in [2.45, 2.75) is 82.7 Å². The number of rotatable bonds is 5. The molecule has 0 unspecified atom stereocenters. The topological polar surface area (TPSA) is 48.1 Å². The first-order valence-electron chi connectivity index (χ1n) is 9.00. The van der Waals surface area contributed by atoms with Gasteiger partial charge in [-0.1, -0.05) is 40.0 Å². The van der Waals surface area contributed by atoms with Gasteiger partial charge in [0.1, 0.15) is 0 Å². The van der Waals surface area contributed by atoms with Gasteiger partial charge >= 0.3 is 5.97 Å². The van der Waals surface area contributed by atoms with Gasteiger partial charge in [-0.2, -0.15) is 0 Å². The standard InChI is InChI=1S/C17H32O4Si/c1-16(2,3)22(5,6)21-14(13-10-8-7-9-11-13)17(12-20-17)15(18)19-4/h13-14H,7-12H2,1-6H3/t14-,17-/m1/s1/i12D/t12-,14-,17-. The van der Waals surface area contributed by atoms with Crippen LogP contribution in [0.4, 0.5) is 0 Å². The number of carbonyl (C=O) groups is 1. The molecule has 0 aromatic carbocycles. The van der Waals surface area contributed by atoms with Crippen molar-refractivity contribution in [2.75, 3.05) is 13.7 Å². The van der Waals surface area contributed by atoms with Crippen LogP contribution in [0.5, 0.6) is 0 Å². The highest BCUT2D eigenvalue weighted by Gasteiger charge is 2.63. The van der Waals surface area contributed by atoms with E-state index < -0.39 is 26.5 Å². The Hall–Kier alpha value is -0.393. The van der Waals surface area contributed by atoms with Crippen LogP contribution in [0, 0.1) is 5.92 Å². The van der Waals surface area contributed by atoms with Crippen LogP contribution in [-0.4, -0.2) is 39.7 Å². The Morgan fingerprint density at radius 2 is 1.86 bits per heavy atom. The molecule has 1 saturated carbocycles. The van der Waals surface area contributed by atoms with Gasteiger partial charge < -0.3 is 13.9 Å². The van der Waals surface area contributed by atoms with Crippen molar-refractivity contribution in [1.29, 1.82) is 0 Å². The first kappa shape index (κ1) is 16.5. The van der Waals surface area contributed by atoms with E-state index in [2.05, 4.69) is 33.9 Å². The third kappa shape index (κ3) is 3.41. The van der Waals surface area contributed by atoms with E-state index in [4.69, 9.17) is 15.3 Å². The molecule has 3 atom stereocenters. The van der Waals surface area contributed by atoms with Gasteiger partial charge in [0.05, 0.1) is 21.2 Å². The Morgan fingerprint density at radius 1 is 1.32 bits per heavy atom. The van der Waals surface area contributed by atoms with Gasteiger partial charge in [0.25, 0.3) is 0 Å². The van der Waals surface area contributed by atoms with Crippen LogP contribution in [0.25, 0.3) is 0 Å². The van der Waals surface area contributed by atoms with E-state index >= 15 is 0 Å². The minimum Gasteiger partial charge on any atom is -0.467 e. The molecule has 2 aliphatic rings. The summed E-state index contributed by atoms with van der Waals surface area (Å²) in [5, 5.41) is 0.0453. The van der Waals surface area contributed by atoms with Crippen LogP contribution in [0.3, 0.4) is 0 Å². The van der Waals surface area contributed by atoms with E-state index in [1.54, 1.807) is 0 Å². The van der Waals surface area contributed by atoms with Crippen LogP contribution < -0.4 is 0 Å². The third-order valence-electron chi connectivity index (χ3n) is 5.60. The average molecular weight is 330 g/mol. The summed E-state index contributed by atoms with van der Waals surface area (Å²) < 4.78 is 25.2. The minimum atomic E-state index is -2.08. The van der Waals surface area contributed by atoms with Gasteiger partial charge in [-0.3, -0.25) is 0 Å². The molecular formula is C17H32O4Si. The van der Waals surface area contributed by atoms with Crippen molar-refractivity contribution in [2.24, 2.45) is 5.92 Å². The monoisotopic (exact) mass is 329 g/mol. The van der Waals surface area contributed by atoms with E-state index in [9.17, 15) is 4.79 Å². The number of methoxy groups -OCH3 is 1. The maximum atomic E-state index is 12.4. The molecule has 0 aromatic heterocycles. The van der Waals surface area contributed by atoms with Crippen LogP contribution in [0.1, 0.15) is 54.2 Å². The lowest BCUT2D eigenvalue weighted by Gasteiger charge is -2.43. The molecule has 0 radical (unpaired) electrons. The number of carbonyl (C=O) groups excluding carboxylic acids is 1. The highest BCUT2D eigenvalue weighted by molar-refractivity contribution is 6.74. The summed E-state index contributed by atoms with van der Waals surface area (Å²) in [5.41, 5.74) is -1.22. The van der Waals surface area contributed by atoms with E-state index in [1.165, 1.54) is 13.5 Å². The number of hydrogen-bond acceptors (Lipinski definition) is 4. The highest BCUT2D eigenvalue weighted by Crippen LogP contribution is 2.46. The normalized spacial score (nSPS) is 32.3. The number of hydrogen-bond donors (Lipinski definition) is 0. The smallest absolute Gasteiger partial charge is 0.343 e. The quantitative estimate of drug-likeness (QED) is 0.436. The SMILES string of the molecule is [2H][C@H]1O[C@@]1(C(=O)OC)[C@H](O[Si](C)(C)C(C)(C)C)C1CCCCC1. The molecule has 2 rings (SSSR count). The van der Waals surface area contributed by atoms with Crippen molar-refractivity contribution in [3.8, 4) is 0 Å². The fraction of sp³-hybridized carbons (Fsp3) is 0.941. The van der Waals surface area contributed by atoms with Gasteiger partial charge in [-0.15, -0.1) is 0 Å². The Morgan fingerprint density at radius 3 is 2.27 bits per heavy atom. The number of esters is 1. The van der Waals surface area contributed by atoms with Crippen LogP contribution in [0.2, 0.25) is 18.1 Å². The lowest BCUT2D eigenvalue weighted by Crippen LogP contribution is -2.54. The zero-order valence-electron chi connectivity index (χ0n) is 15.9. The molecule has 0 N–H and O–H groups in total. The van der Waals surface area contributed by atoms with Crippen molar-refractivity contribution < 1.29 is 20.1 Å². The molecule has 1 aliphatic carbocycles. The Bertz CT molecular complexity index is 442. The molecular weight excluding hydrogens is 296 g/mol. The summed E-state index contributed by atoms with van der Waals surface area (Å²) in [7, 11) is -0.717. The molecule has 1 saturated heterocycles. The van der Waals surface area contributed by atoms with E-state index in [1.807, 2.05) is 0 Å². The van der Waals surface area contributed by atoms with Crippen LogP contribution in [0.15, 0.2) is 0 Å². The second-order valence-electron chi connectivity index (χ2n) is 8.22. The fourth-order valence-electron chi connectivity index (χ4n) is 3.03. The van der Waals surface area contributed by atoms with Gasteiger partial charge in [0.15, 0.2) is 8.32 Å². The Kier molecular flexibility index (Phi) is 4.68. The van der Waals surface area contributed by atoms with Crippen LogP contribution >= 0.6 is 0 Å². The minimum absolute atomic E-state index is 0.0453. The summed E-state index contributed by atoms with van der Waals surface area (Å²) in [6.07, 6.45) is 5.25. The molecule has 0 spiro atoms. The number of epoxide rings is 1. The molecule has 128 valence electrons. The zero-order chi connectivity index (χ0) is 17.5. The largest absolute Gasteiger partial charge is 0.467 e. The molecule has 4 nitrogen and oxygen atoms in total. The molecule has 0 aromatic rings. The van der Waals surface area contributed by atoms with Crippen LogP contribution in [-0.2, 0) is 18.7 Å². The zero-order valence-corrected chi connectivity index (χ0v) is 15.9. The van der Waals surface area contributed by atoms with E-state index in [-0.39, 0.29) is 17.1 Å². The van der Waals surface area contributed by atoms with Crippen molar-refractivity contribution in [1.82, 2.24) is 0 Å². The summed E-state index contributed by atoms with van der Waals surface area (Å²) in [4.78, 5) is 12.4. The van der Waals surface area contributed by atoms with Gasteiger partial charge in [0.2, 0.25) is 5.60 Å². The van der Waals surface area contributed by atoms with Gasteiger partial charge in [0, 0.05) is 0 Å². The molecule has 0 amide bonds. The summed E-state index contributed by atoms with van der Waals surface area (Å²) in [6.45, 7) is 10.1. The number of ether oxygens (including phenoxy) is 2. The first-order chi connectivity index (χ1) is 10.6. The van der Waals surface area contributed by atoms with Gasteiger partial charge in [-0.05, 0) is 36.9 Å². The lowest BCUT2D eigenvalue weighted by atomic mass is 9.80.